The molecule has 4 aliphatic rings. The monoisotopic (exact) mass is 699 g/mol. The van der Waals surface area contributed by atoms with Gasteiger partial charge in [-0.1, -0.05) is 36.7 Å². The van der Waals surface area contributed by atoms with Gasteiger partial charge in [-0.05, 0) is 105 Å². The lowest BCUT2D eigenvalue weighted by molar-refractivity contribution is -0.163. The number of ether oxygens (including phenoxy) is 1. The number of sulfonamides is 1. The van der Waals surface area contributed by atoms with Crippen molar-refractivity contribution in [3.8, 4) is 5.75 Å². The minimum atomic E-state index is -4.08. The summed E-state index contributed by atoms with van der Waals surface area (Å²) in [6, 6.07) is 11.0. The first-order valence-electron chi connectivity index (χ1n) is 16.8. The van der Waals surface area contributed by atoms with Crippen molar-refractivity contribution in [2.75, 3.05) is 38.7 Å². The van der Waals surface area contributed by atoms with Crippen LogP contribution < -0.4 is 14.4 Å². The Labute approximate surface area is 288 Å². The van der Waals surface area contributed by atoms with E-state index in [1.165, 1.54) is 43.1 Å². The molecule has 7 atom stereocenters. The highest BCUT2D eigenvalue weighted by atomic mass is 35.5. The Morgan fingerprint density at radius 3 is 2.65 bits per heavy atom. The van der Waals surface area contributed by atoms with Crippen LogP contribution >= 0.6 is 11.6 Å². The lowest BCUT2D eigenvalue weighted by Crippen LogP contribution is -2.60. The van der Waals surface area contributed by atoms with E-state index in [1.54, 1.807) is 31.2 Å². The van der Waals surface area contributed by atoms with Gasteiger partial charge in [-0.2, -0.15) is 0 Å². The molecule has 2 heterocycles. The van der Waals surface area contributed by atoms with Gasteiger partial charge in [-0.25, -0.2) is 13.1 Å². The lowest BCUT2D eigenvalue weighted by Gasteiger charge is -2.50. The minimum Gasteiger partial charge on any atom is -0.490 e. The van der Waals surface area contributed by atoms with Gasteiger partial charge in [0.1, 0.15) is 11.4 Å². The molecule has 1 saturated carbocycles. The van der Waals surface area contributed by atoms with E-state index < -0.39 is 56.0 Å². The van der Waals surface area contributed by atoms with Crippen molar-refractivity contribution in [2.45, 2.75) is 74.7 Å². The number of nitrogens with zero attached hydrogens (tertiary/aromatic N) is 2. The zero-order valence-electron chi connectivity index (χ0n) is 28.0. The largest absolute Gasteiger partial charge is 0.490 e. The predicted octanol–water partition coefficient (Wildman–Crippen LogP) is 4.06. The number of carbonyl (C=O) groups excluding carboxylic acids is 2. The highest BCUT2D eigenvalue weighted by molar-refractivity contribution is 7.90. The molecule has 12 heteroatoms. The Kier molecular flexibility index (Phi) is 9.38. The maximum Gasteiger partial charge on any atom is 0.264 e. The number of likely N-dealkylation sites (N-methyl/N-ethyl adjacent to an activating group) is 1. The molecule has 10 nitrogen and oxygen atoms in total. The molecule has 3 N–H and O–H groups in total. The molecule has 1 spiro atoms. The number of rotatable bonds is 2. The fourth-order valence-corrected chi connectivity index (χ4v) is 9.52. The number of allylic oxidation sites excluding steroid dienone is 1. The Balaban J connectivity index is 1.47. The fraction of sp³-hybridized carbons (Fsp3) is 0.556. The lowest BCUT2D eigenvalue weighted by atomic mass is 9.62. The summed E-state index contributed by atoms with van der Waals surface area (Å²) in [5, 5.41) is 23.4. The second-order valence-electron chi connectivity index (χ2n) is 14.6. The first-order chi connectivity index (χ1) is 22.6. The van der Waals surface area contributed by atoms with Crippen LogP contribution in [0.15, 0.2) is 48.6 Å². The third kappa shape index (κ3) is 6.23. The Morgan fingerprint density at radius 1 is 1.17 bits per heavy atom. The number of anilines is 1. The number of carbonyl (C=O) groups is 2. The maximum absolute atomic E-state index is 13.5. The van der Waals surface area contributed by atoms with E-state index in [9.17, 15) is 28.2 Å². The molecule has 0 saturated heterocycles. The molecule has 260 valence electrons. The maximum atomic E-state index is 13.5. The van der Waals surface area contributed by atoms with E-state index in [-0.39, 0.29) is 17.9 Å². The molecule has 2 bridgehead atoms. The van der Waals surface area contributed by atoms with Crippen LogP contribution in [0.2, 0.25) is 5.02 Å². The highest BCUT2D eigenvalue weighted by Crippen LogP contribution is 2.49. The standard InChI is InChI=1S/C36H46ClN3O7S/c1-22-7-5-16-36(44,32(41)34(43)39(3)4)29-12-9-26(29)19-40-20-35(15-6-8-24-17-27(37)11-13-28(24)35)21-47-31-14-10-25(18-30(31)40)33(42)38-48(45,46)23(22)2/h5,10-11,13-14,16-18,22-23,26,29,32,41,44H,6-9,12,15,19-21H2,1-4H3,(H,38,42)/b16-5+/t22-,23+,26-,29+,32+,35-,36+/m0/s1. The number of aryl methyl sites for hydroxylation is 1. The quantitative estimate of drug-likeness (QED) is 0.400. The average molecular weight is 700 g/mol. The van der Waals surface area contributed by atoms with Crippen LogP contribution in [0.3, 0.4) is 0 Å². The number of hydrogen-bond donors (Lipinski definition) is 3. The molecule has 0 aromatic heterocycles. The van der Waals surface area contributed by atoms with Gasteiger partial charge in [0.15, 0.2) is 6.10 Å². The van der Waals surface area contributed by atoms with Crippen LogP contribution in [-0.4, -0.2) is 86.1 Å². The molecule has 48 heavy (non-hydrogen) atoms. The number of amides is 2. The molecular formula is C36H46ClN3O7S. The van der Waals surface area contributed by atoms with Crippen molar-refractivity contribution in [1.82, 2.24) is 9.62 Å². The summed E-state index contributed by atoms with van der Waals surface area (Å²) in [6.45, 7) is 4.69. The second-order valence-corrected chi connectivity index (χ2v) is 17.0. The predicted molar refractivity (Wildman–Crippen MR) is 185 cm³/mol. The first kappa shape index (κ1) is 34.7. The number of nitrogens with one attached hydrogen (secondary N) is 1. The molecule has 2 aliphatic carbocycles. The van der Waals surface area contributed by atoms with Crippen molar-refractivity contribution in [2.24, 2.45) is 17.8 Å². The molecule has 2 amide bonds. The van der Waals surface area contributed by atoms with Crippen molar-refractivity contribution in [3.05, 3.63) is 70.3 Å². The van der Waals surface area contributed by atoms with Gasteiger partial charge >= 0.3 is 0 Å². The summed E-state index contributed by atoms with van der Waals surface area (Å²) in [7, 11) is -1.00. The van der Waals surface area contributed by atoms with Gasteiger partial charge in [-0.15, -0.1) is 0 Å². The van der Waals surface area contributed by atoms with Crippen LogP contribution in [0.1, 0.15) is 67.4 Å². The molecule has 6 rings (SSSR count). The summed E-state index contributed by atoms with van der Waals surface area (Å²) in [5.41, 5.74) is 0.917. The smallest absolute Gasteiger partial charge is 0.264 e. The van der Waals surface area contributed by atoms with Crippen LogP contribution in [-0.2, 0) is 26.7 Å². The number of halogens is 1. The highest BCUT2D eigenvalue weighted by Gasteiger charge is 2.53. The van der Waals surface area contributed by atoms with Crippen molar-refractivity contribution in [1.29, 1.82) is 0 Å². The van der Waals surface area contributed by atoms with E-state index in [0.717, 1.165) is 25.7 Å². The van der Waals surface area contributed by atoms with Gasteiger partial charge in [0.05, 0.1) is 17.5 Å². The number of aliphatic hydroxyl groups is 2. The van der Waals surface area contributed by atoms with Crippen LogP contribution in [0.5, 0.6) is 5.75 Å². The number of fused-ring (bicyclic) bond motifs is 4. The number of benzene rings is 2. The minimum absolute atomic E-state index is 0.109. The van der Waals surface area contributed by atoms with E-state index in [1.807, 2.05) is 12.1 Å². The van der Waals surface area contributed by atoms with Gasteiger partial charge in [0, 0.05) is 43.2 Å². The van der Waals surface area contributed by atoms with Gasteiger partial charge in [0.2, 0.25) is 10.0 Å². The number of hydrogen-bond acceptors (Lipinski definition) is 8. The van der Waals surface area contributed by atoms with E-state index in [0.29, 0.717) is 42.6 Å². The molecule has 0 unspecified atom stereocenters. The van der Waals surface area contributed by atoms with Crippen molar-refractivity contribution in [3.63, 3.8) is 0 Å². The van der Waals surface area contributed by atoms with Crippen molar-refractivity contribution < 1.29 is 33.0 Å². The molecule has 0 radical (unpaired) electrons. The SMILES string of the molecule is C[C@@H]1[C@@H](C)C/C=C/[C@](O)([C@H](O)C(=O)N(C)C)[C@@H]2CC[C@H]2CN2C[C@@]3(CCCc4cc(Cl)ccc43)COc3ccc(cc32)C(=O)NS1(=O)=O. The molecule has 2 aromatic carbocycles. The summed E-state index contributed by atoms with van der Waals surface area (Å²) in [4.78, 5) is 30.1. The normalized spacial score (nSPS) is 32.7. The summed E-state index contributed by atoms with van der Waals surface area (Å²) in [6.07, 6.45) is 5.76. The van der Waals surface area contributed by atoms with Gasteiger partial charge in [-0.3, -0.25) is 9.59 Å². The van der Waals surface area contributed by atoms with Gasteiger partial charge < -0.3 is 24.7 Å². The Hall–Kier alpha value is -3.12. The molecule has 2 aromatic rings. The summed E-state index contributed by atoms with van der Waals surface area (Å²) < 4.78 is 35.6. The Bertz CT molecular complexity index is 1730. The Morgan fingerprint density at radius 2 is 1.94 bits per heavy atom. The summed E-state index contributed by atoms with van der Waals surface area (Å²) in [5.74, 6) is -1.75. The molecule has 2 aliphatic heterocycles. The van der Waals surface area contributed by atoms with E-state index in [4.69, 9.17) is 16.3 Å². The molecular weight excluding hydrogens is 654 g/mol. The molecule has 1 fully saturated rings. The first-order valence-corrected chi connectivity index (χ1v) is 18.7. The topological polar surface area (TPSA) is 136 Å². The number of aliphatic hydroxyl groups excluding tert-OH is 1. The second kappa shape index (κ2) is 13.0. The van der Waals surface area contributed by atoms with Crippen LogP contribution in [0, 0.1) is 17.8 Å². The van der Waals surface area contributed by atoms with E-state index in [2.05, 4.69) is 15.7 Å². The van der Waals surface area contributed by atoms with E-state index >= 15 is 0 Å². The third-order valence-electron chi connectivity index (χ3n) is 11.3. The van der Waals surface area contributed by atoms with Crippen molar-refractivity contribution >= 4 is 39.1 Å². The third-order valence-corrected chi connectivity index (χ3v) is 13.4. The zero-order valence-corrected chi connectivity index (χ0v) is 29.6. The van der Waals surface area contributed by atoms with Gasteiger partial charge in [0.25, 0.3) is 11.8 Å². The van der Waals surface area contributed by atoms with Crippen LogP contribution in [0.4, 0.5) is 5.69 Å². The fourth-order valence-electron chi connectivity index (χ4n) is 8.04. The average Bonchev–Trinajstić information content (AvgIpc) is 3.17. The van der Waals surface area contributed by atoms with Crippen LogP contribution in [0.25, 0.3) is 0 Å². The summed E-state index contributed by atoms with van der Waals surface area (Å²) >= 11 is 6.41. The zero-order chi connectivity index (χ0) is 34.6.